The van der Waals surface area contributed by atoms with Gasteiger partial charge in [0.25, 0.3) is 0 Å². The Hall–Kier alpha value is -4.34. The van der Waals surface area contributed by atoms with E-state index < -0.39 is 24.1 Å². The number of hydrogen-bond donors (Lipinski definition) is 0. The highest BCUT2D eigenvalue weighted by Gasteiger charge is 2.44. The molecule has 1 heterocycles. The van der Waals surface area contributed by atoms with Gasteiger partial charge in [-0.1, -0.05) is 26.0 Å². The molecular formula is C33H40O10. The maximum absolute atomic E-state index is 13.3. The Kier molecular flexibility index (Phi) is 9.47. The van der Waals surface area contributed by atoms with Gasteiger partial charge < -0.3 is 37.9 Å². The Labute approximate surface area is 252 Å². The topological polar surface area (TPSA) is 108 Å². The molecule has 4 rings (SSSR count). The van der Waals surface area contributed by atoms with Crippen LogP contribution in [0.1, 0.15) is 64.9 Å². The van der Waals surface area contributed by atoms with E-state index in [1.807, 2.05) is 19.9 Å². The third kappa shape index (κ3) is 5.46. The van der Waals surface area contributed by atoms with Crippen molar-refractivity contribution in [3.63, 3.8) is 0 Å². The van der Waals surface area contributed by atoms with Gasteiger partial charge in [-0.2, -0.15) is 0 Å². The largest absolute Gasteiger partial charge is 0.493 e. The van der Waals surface area contributed by atoms with Crippen molar-refractivity contribution in [2.75, 3.05) is 35.2 Å². The van der Waals surface area contributed by atoms with Crippen LogP contribution < -0.4 is 28.4 Å². The van der Waals surface area contributed by atoms with Crippen LogP contribution in [-0.4, -0.2) is 47.2 Å². The molecule has 1 aliphatic heterocycles. The van der Waals surface area contributed by atoms with E-state index in [1.54, 1.807) is 45.9 Å². The fourth-order valence-electron chi connectivity index (χ4n) is 5.48. The molecule has 0 unspecified atom stereocenters. The lowest BCUT2D eigenvalue weighted by Crippen LogP contribution is -2.31. The van der Waals surface area contributed by atoms with Crippen LogP contribution in [0.4, 0.5) is 0 Å². The molecule has 0 spiro atoms. The minimum Gasteiger partial charge on any atom is -0.493 e. The number of allylic oxidation sites excluding steroid dienone is 2. The molecule has 10 nitrogen and oxygen atoms in total. The van der Waals surface area contributed by atoms with E-state index in [1.165, 1.54) is 28.4 Å². The minimum absolute atomic E-state index is 0.0124. The van der Waals surface area contributed by atoms with Gasteiger partial charge in [0.2, 0.25) is 18.3 Å². The molecule has 0 saturated heterocycles. The van der Waals surface area contributed by atoms with E-state index in [0.717, 1.165) is 0 Å². The van der Waals surface area contributed by atoms with Crippen LogP contribution in [0.15, 0.2) is 35.4 Å². The Morgan fingerprint density at radius 3 is 1.67 bits per heavy atom. The highest BCUT2D eigenvalue weighted by molar-refractivity contribution is 5.92. The average molecular weight is 597 g/mol. The maximum atomic E-state index is 13.3. The van der Waals surface area contributed by atoms with E-state index in [4.69, 9.17) is 37.9 Å². The number of hydrogen-bond acceptors (Lipinski definition) is 10. The molecule has 10 heteroatoms. The Morgan fingerprint density at radius 2 is 1.21 bits per heavy atom. The van der Waals surface area contributed by atoms with Crippen LogP contribution in [0.5, 0.6) is 34.5 Å². The number of rotatable bonds is 8. The Balaban J connectivity index is 2.20. The molecule has 1 aliphatic carbocycles. The zero-order valence-corrected chi connectivity index (χ0v) is 26.4. The number of fused-ring (bicyclic) bond motifs is 4. The van der Waals surface area contributed by atoms with Crippen LogP contribution in [0, 0.1) is 11.8 Å². The van der Waals surface area contributed by atoms with E-state index >= 15 is 0 Å². The van der Waals surface area contributed by atoms with Gasteiger partial charge in [0.05, 0.1) is 28.4 Å². The first-order chi connectivity index (χ1) is 20.6. The predicted molar refractivity (Wildman–Crippen MR) is 159 cm³/mol. The summed E-state index contributed by atoms with van der Waals surface area (Å²) in [5.74, 6) is 0.504. The zero-order valence-electron chi connectivity index (χ0n) is 26.4. The van der Waals surface area contributed by atoms with Gasteiger partial charge in [-0.15, -0.1) is 0 Å². The molecule has 4 atom stereocenters. The molecule has 43 heavy (non-hydrogen) atoms. The summed E-state index contributed by atoms with van der Waals surface area (Å²) in [5, 5.41) is 0. The summed E-state index contributed by atoms with van der Waals surface area (Å²) in [7, 11) is 6.07. The van der Waals surface area contributed by atoms with E-state index in [9.17, 15) is 9.59 Å². The molecule has 0 N–H and O–H groups in total. The van der Waals surface area contributed by atoms with Crippen molar-refractivity contribution in [2.24, 2.45) is 11.8 Å². The zero-order chi connectivity index (χ0) is 31.6. The predicted octanol–water partition coefficient (Wildman–Crippen LogP) is 6.50. The summed E-state index contributed by atoms with van der Waals surface area (Å²) in [6.45, 7) is 10.8. The van der Waals surface area contributed by atoms with Crippen molar-refractivity contribution in [3.8, 4) is 45.6 Å². The SMILES string of the molecule is C/C=C(\C)C(=O)O[C@H]1c2cc(OC)c(OC)c(OC)c2-c2c(cc3c(c2OC)OCO3)[C@H](OC(=O)/C(C)=C/C)[C@H](C)[C@H]1C. The maximum Gasteiger partial charge on any atom is 0.333 e. The first kappa shape index (κ1) is 31.6. The third-order valence-electron chi connectivity index (χ3n) is 8.34. The van der Waals surface area contributed by atoms with Crippen molar-refractivity contribution in [1.29, 1.82) is 0 Å². The number of methoxy groups -OCH3 is 4. The number of carbonyl (C=O) groups is 2. The van der Waals surface area contributed by atoms with Gasteiger partial charge in [-0.25, -0.2) is 9.59 Å². The Bertz CT molecular complexity index is 1470. The number of carbonyl (C=O) groups excluding carboxylic acids is 2. The molecule has 0 amide bonds. The molecule has 0 radical (unpaired) electrons. The fraction of sp³-hybridized carbons (Fsp3) is 0.455. The summed E-state index contributed by atoms with van der Waals surface area (Å²) in [4.78, 5) is 26.6. The molecule has 0 saturated carbocycles. The van der Waals surface area contributed by atoms with Crippen LogP contribution in [0.25, 0.3) is 11.1 Å². The monoisotopic (exact) mass is 596 g/mol. The summed E-state index contributed by atoms with van der Waals surface area (Å²) in [6.07, 6.45) is 1.75. The van der Waals surface area contributed by atoms with Gasteiger partial charge in [0.1, 0.15) is 12.2 Å². The first-order valence-electron chi connectivity index (χ1n) is 14.1. The number of esters is 2. The standard InChI is InChI=1S/C33H40O10/c1-11-16(3)32(34)42-26-18(5)19(6)27(43-33(35)17(4)12-2)21-14-23-29(41-15-40-23)31(39-10)25(21)24-20(26)13-22(36-7)28(37-8)30(24)38-9/h11-14,18-19,26-27H,15H2,1-10H3/b16-11+,17-12+/t18-,19-,26-,27-/m1/s1. The molecule has 0 aromatic heterocycles. The lowest BCUT2D eigenvalue weighted by atomic mass is 9.74. The van der Waals surface area contributed by atoms with Gasteiger partial charge >= 0.3 is 11.9 Å². The van der Waals surface area contributed by atoms with E-state index in [-0.39, 0.29) is 18.6 Å². The summed E-state index contributed by atoms with van der Waals surface area (Å²) >= 11 is 0. The minimum atomic E-state index is -0.826. The lowest BCUT2D eigenvalue weighted by molar-refractivity contribution is -0.156. The second-order valence-corrected chi connectivity index (χ2v) is 10.5. The van der Waals surface area contributed by atoms with Crippen molar-refractivity contribution >= 4 is 11.9 Å². The molecular weight excluding hydrogens is 556 g/mol. The second-order valence-electron chi connectivity index (χ2n) is 10.5. The molecule has 2 aromatic rings. The van der Waals surface area contributed by atoms with Gasteiger partial charge in [-0.3, -0.25) is 0 Å². The fourth-order valence-corrected chi connectivity index (χ4v) is 5.48. The number of ether oxygens (including phenoxy) is 8. The molecule has 2 aliphatic rings. The summed E-state index contributed by atoms with van der Waals surface area (Å²) in [5.41, 5.74) is 3.15. The normalized spacial score (nSPS) is 21.1. The number of benzene rings is 2. The highest BCUT2D eigenvalue weighted by Crippen LogP contribution is 2.60. The van der Waals surface area contributed by atoms with Crippen LogP contribution >= 0.6 is 0 Å². The molecule has 2 aromatic carbocycles. The van der Waals surface area contributed by atoms with Crippen molar-refractivity contribution < 1.29 is 47.5 Å². The van der Waals surface area contributed by atoms with Gasteiger partial charge in [-0.05, 0) is 39.8 Å². The van der Waals surface area contributed by atoms with Gasteiger partial charge in [0, 0.05) is 45.2 Å². The molecule has 232 valence electrons. The summed E-state index contributed by atoms with van der Waals surface area (Å²) in [6, 6.07) is 3.59. The van der Waals surface area contributed by atoms with Crippen LogP contribution in [0.3, 0.4) is 0 Å². The lowest BCUT2D eigenvalue weighted by Gasteiger charge is -2.39. The average Bonchev–Trinajstić information content (AvgIpc) is 3.50. The van der Waals surface area contributed by atoms with Gasteiger partial charge in [0.15, 0.2) is 23.0 Å². The van der Waals surface area contributed by atoms with Crippen molar-refractivity contribution in [2.45, 2.75) is 53.8 Å². The second kappa shape index (κ2) is 12.9. The smallest absolute Gasteiger partial charge is 0.333 e. The first-order valence-corrected chi connectivity index (χ1v) is 14.1. The molecule has 0 bridgehead atoms. The Morgan fingerprint density at radius 1 is 0.721 bits per heavy atom. The van der Waals surface area contributed by atoms with Crippen molar-refractivity contribution in [3.05, 3.63) is 46.6 Å². The third-order valence-corrected chi connectivity index (χ3v) is 8.34. The van der Waals surface area contributed by atoms with Crippen LogP contribution in [0.2, 0.25) is 0 Å². The van der Waals surface area contributed by atoms with Crippen LogP contribution in [-0.2, 0) is 19.1 Å². The quantitative estimate of drug-likeness (QED) is 0.247. The molecule has 0 fully saturated rings. The highest BCUT2D eigenvalue weighted by atomic mass is 16.7. The van der Waals surface area contributed by atoms with E-state index in [2.05, 4.69) is 0 Å². The van der Waals surface area contributed by atoms with Crippen molar-refractivity contribution in [1.82, 2.24) is 0 Å². The summed E-state index contributed by atoms with van der Waals surface area (Å²) < 4.78 is 47.7. The van der Waals surface area contributed by atoms with E-state index in [0.29, 0.717) is 67.9 Å².